The molecule has 2 aromatic carbocycles. The molecule has 0 saturated carbocycles. The molecule has 0 N–H and O–H groups in total. The minimum absolute atomic E-state index is 0.490. The van der Waals surface area contributed by atoms with E-state index in [2.05, 4.69) is 4.99 Å². The number of rotatable bonds is 2. The Kier molecular flexibility index (Phi) is 4.52. The van der Waals surface area contributed by atoms with Gasteiger partial charge in [-0.2, -0.15) is 0 Å². The molecule has 18 heavy (non-hydrogen) atoms. The van der Waals surface area contributed by atoms with Crippen LogP contribution in [0.4, 0.5) is 5.69 Å². The molecule has 0 heterocycles. The van der Waals surface area contributed by atoms with Crippen LogP contribution in [0.5, 0.6) is 0 Å². The first-order valence-corrected chi connectivity index (χ1v) is 6.51. The Balaban J connectivity index is 2.30. The van der Waals surface area contributed by atoms with E-state index in [1.165, 1.54) is 0 Å². The van der Waals surface area contributed by atoms with Crippen LogP contribution in [0.2, 0.25) is 20.1 Å². The zero-order chi connectivity index (χ0) is 13.1. The van der Waals surface area contributed by atoms with Gasteiger partial charge in [-0.1, -0.05) is 52.5 Å². The van der Waals surface area contributed by atoms with E-state index in [4.69, 9.17) is 46.4 Å². The quantitative estimate of drug-likeness (QED) is 0.597. The van der Waals surface area contributed by atoms with Crippen LogP contribution >= 0.6 is 46.4 Å². The van der Waals surface area contributed by atoms with Crippen LogP contribution < -0.4 is 0 Å². The van der Waals surface area contributed by atoms with Crippen LogP contribution in [0, 0.1) is 0 Å². The lowest BCUT2D eigenvalue weighted by Gasteiger charge is -2.00. The average Bonchev–Trinajstić information content (AvgIpc) is 2.30. The molecule has 0 aliphatic rings. The van der Waals surface area contributed by atoms with Crippen LogP contribution in [0.3, 0.4) is 0 Å². The Morgan fingerprint density at radius 1 is 0.778 bits per heavy atom. The molecule has 0 amide bonds. The van der Waals surface area contributed by atoms with E-state index in [1.807, 2.05) is 0 Å². The molecule has 0 aliphatic heterocycles. The topological polar surface area (TPSA) is 12.4 Å². The lowest BCUT2D eigenvalue weighted by Crippen LogP contribution is -1.82. The van der Waals surface area contributed by atoms with Gasteiger partial charge in [0.25, 0.3) is 0 Å². The molecular weight excluding hydrogens is 312 g/mol. The van der Waals surface area contributed by atoms with E-state index in [-0.39, 0.29) is 0 Å². The molecule has 1 nitrogen and oxygen atoms in total. The van der Waals surface area contributed by atoms with Gasteiger partial charge in [0, 0.05) is 21.8 Å². The van der Waals surface area contributed by atoms with Crippen molar-refractivity contribution >= 4 is 58.3 Å². The van der Waals surface area contributed by atoms with Crippen LogP contribution in [-0.2, 0) is 0 Å². The van der Waals surface area contributed by atoms with E-state index in [0.29, 0.717) is 25.8 Å². The van der Waals surface area contributed by atoms with Crippen molar-refractivity contribution in [3.63, 3.8) is 0 Å². The van der Waals surface area contributed by atoms with Gasteiger partial charge in [0.15, 0.2) is 0 Å². The molecule has 2 aromatic rings. The average molecular weight is 319 g/mol. The summed E-state index contributed by atoms with van der Waals surface area (Å²) in [6.45, 7) is 0. The number of benzene rings is 2. The highest BCUT2D eigenvalue weighted by atomic mass is 35.5. The monoisotopic (exact) mass is 317 g/mol. The van der Waals surface area contributed by atoms with Gasteiger partial charge in [0.2, 0.25) is 0 Å². The first-order chi connectivity index (χ1) is 8.56. The summed E-state index contributed by atoms with van der Waals surface area (Å²) in [5, 5.41) is 2.19. The van der Waals surface area contributed by atoms with Gasteiger partial charge in [-0.25, -0.2) is 0 Å². The second-order valence-corrected chi connectivity index (χ2v) is 5.21. The first-order valence-electron chi connectivity index (χ1n) is 5.00. The molecule has 0 radical (unpaired) electrons. The SMILES string of the molecule is Clc1ccc(C=Nc2ccc(Cl)cc2Cl)c(Cl)c1. The van der Waals surface area contributed by atoms with Crippen molar-refractivity contribution in [2.45, 2.75) is 0 Å². The fourth-order valence-corrected chi connectivity index (χ4v) is 2.25. The molecule has 92 valence electrons. The van der Waals surface area contributed by atoms with Gasteiger partial charge < -0.3 is 0 Å². The number of aliphatic imine (C=N–C) groups is 1. The van der Waals surface area contributed by atoms with Gasteiger partial charge in [0.05, 0.1) is 15.7 Å². The standard InChI is InChI=1S/C13H7Cl4N/c14-9-2-1-8(11(16)5-9)7-18-13-4-3-10(15)6-12(13)17/h1-7H. The minimum atomic E-state index is 0.490. The van der Waals surface area contributed by atoms with Crippen molar-refractivity contribution < 1.29 is 0 Å². The van der Waals surface area contributed by atoms with Crippen LogP contribution in [0.15, 0.2) is 41.4 Å². The maximum absolute atomic E-state index is 6.03. The van der Waals surface area contributed by atoms with Crippen LogP contribution in [0.1, 0.15) is 5.56 Å². The zero-order valence-electron chi connectivity index (χ0n) is 9.00. The summed E-state index contributed by atoms with van der Waals surface area (Å²) in [7, 11) is 0. The molecule has 2 rings (SSSR count). The van der Waals surface area contributed by atoms with E-state index >= 15 is 0 Å². The smallest absolute Gasteiger partial charge is 0.0817 e. The molecule has 0 atom stereocenters. The van der Waals surface area contributed by atoms with Crippen molar-refractivity contribution in [3.05, 3.63) is 62.1 Å². The summed E-state index contributed by atoms with van der Waals surface area (Å²) in [6, 6.07) is 10.3. The number of halogens is 4. The van der Waals surface area contributed by atoms with Crippen molar-refractivity contribution in [1.29, 1.82) is 0 Å². The molecule has 0 aliphatic carbocycles. The van der Waals surface area contributed by atoms with E-state index < -0.39 is 0 Å². The lowest BCUT2D eigenvalue weighted by atomic mass is 10.2. The first kappa shape index (κ1) is 13.7. The lowest BCUT2D eigenvalue weighted by molar-refractivity contribution is 1.52. The van der Waals surface area contributed by atoms with E-state index in [0.717, 1.165) is 5.56 Å². The fourth-order valence-electron chi connectivity index (χ4n) is 1.33. The third kappa shape index (κ3) is 3.39. The second-order valence-electron chi connectivity index (χ2n) is 3.52. The largest absolute Gasteiger partial charge is 0.255 e. The number of nitrogens with zero attached hydrogens (tertiary/aromatic N) is 1. The predicted molar refractivity (Wildman–Crippen MR) is 80.2 cm³/mol. The van der Waals surface area contributed by atoms with Crippen molar-refractivity contribution in [2.24, 2.45) is 4.99 Å². The minimum Gasteiger partial charge on any atom is -0.255 e. The summed E-state index contributed by atoms with van der Waals surface area (Å²) in [4.78, 5) is 4.26. The van der Waals surface area contributed by atoms with Gasteiger partial charge in [-0.15, -0.1) is 0 Å². The highest BCUT2D eigenvalue weighted by Gasteiger charge is 2.01. The molecule has 0 unspecified atom stereocenters. The normalized spacial score (nSPS) is 11.1. The van der Waals surface area contributed by atoms with Gasteiger partial charge in [-0.05, 0) is 30.3 Å². The number of hydrogen-bond acceptors (Lipinski definition) is 1. The maximum Gasteiger partial charge on any atom is 0.0817 e. The molecule has 0 saturated heterocycles. The summed E-state index contributed by atoms with van der Waals surface area (Å²) in [5.41, 5.74) is 1.40. The van der Waals surface area contributed by atoms with Crippen molar-refractivity contribution in [1.82, 2.24) is 0 Å². The molecule has 0 bridgehead atoms. The van der Waals surface area contributed by atoms with Gasteiger partial charge in [-0.3, -0.25) is 4.99 Å². The molecule has 0 spiro atoms. The summed E-state index contributed by atoms with van der Waals surface area (Å²) >= 11 is 23.7. The summed E-state index contributed by atoms with van der Waals surface area (Å²) < 4.78 is 0. The Morgan fingerprint density at radius 2 is 1.39 bits per heavy atom. The van der Waals surface area contributed by atoms with Crippen LogP contribution in [0.25, 0.3) is 0 Å². The van der Waals surface area contributed by atoms with Crippen LogP contribution in [-0.4, -0.2) is 6.21 Å². The zero-order valence-corrected chi connectivity index (χ0v) is 12.0. The Morgan fingerprint density at radius 3 is 2.00 bits per heavy atom. The number of hydrogen-bond donors (Lipinski definition) is 0. The third-order valence-electron chi connectivity index (χ3n) is 2.21. The molecule has 0 aromatic heterocycles. The molecule has 5 heteroatoms. The van der Waals surface area contributed by atoms with Gasteiger partial charge in [0.1, 0.15) is 0 Å². The van der Waals surface area contributed by atoms with E-state index in [1.54, 1.807) is 42.6 Å². The summed E-state index contributed by atoms with van der Waals surface area (Å²) in [6.07, 6.45) is 1.63. The van der Waals surface area contributed by atoms with Crippen molar-refractivity contribution in [3.8, 4) is 0 Å². The van der Waals surface area contributed by atoms with Gasteiger partial charge >= 0.3 is 0 Å². The maximum atomic E-state index is 6.03. The Labute approximate surface area is 125 Å². The highest BCUT2D eigenvalue weighted by Crippen LogP contribution is 2.28. The molecule has 0 fully saturated rings. The predicted octanol–water partition coefficient (Wildman–Crippen LogP) is 6.05. The van der Waals surface area contributed by atoms with E-state index in [9.17, 15) is 0 Å². The third-order valence-corrected chi connectivity index (χ3v) is 3.32. The highest BCUT2D eigenvalue weighted by molar-refractivity contribution is 6.37. The van der Waals surface area contributed by atoms with Crippen molar-refractivity contribution in [2.75, 3.05) is 0 Å². The second kappa shape index (κ2) is 5.94. The Bertz CT molecular complexity index is 554. The summed E-state index contributed by atoms with van der Waals surface area (Å²) in [5.74, 6) is 0. The fraction of sp³-hybridized carbons (Fsp3) is 0. The molecular formula is C13H7Cl4N. The Hall–Kier alpha value is -0.730.